The zero-order chi connectivity index (χ0) is 18.5. The number of phenolic OH excluding ortho intramolecular Hbond substituents is 1. The Bertz CT molecular complexity index is 1090. The first-order valence-electron chi connectivity index (χ1n) is 8.96. The smallest absolute Gasteiger partial charge is 0.227 e. The van der Waals surface area contributed by atoms with E-state index in [1.807, 2.05) is 25.1 Å². The zero-order valence-electron chi connectivity index (χ0n) is 14.8. The first-order chi connectivity index (χ1) is 13.1. The lowest BCUT2D eigenvalue weighted by Crippen LogP contribution is -2.31. The summed E-state index contributed by atoms with van der Waals surface area (Å²) in [5, 5.41) is 17.7. The highest BCUT2D eigenvalue weighted by Gasteiger charge is 2.38. The molecule has 0 bridgehead atoms. The number of rotatable bonds is 2. The second kappa shape index (κ2) is 5.84. The second-order valence-corrected chi connectivity index (χ2v) is 6.90. The minimum absolute atomic E-state index is 0.114. The molecule has 136 valence electrons. The molecule has 0 fully saturated rings. The van der Waals surface area contributed by atoms with E-state index in [-0.39, 0.29) is 11.5 Å². The van der Waals surface area contributed by atoms with Gasteiger partial charge in [0.15, 0.2) is 11.6 Å². The van der Waals surface area contributed by atoms with Crippen molar-refractivity contribution in [2.75, 3.05) is 5.32 Å². The molecule has 1 aromatic carbocycles. The average molecular weight is 362 g/mol. The number of allylic oxidation sites excluding steroid dienone is 2. The summed E-state index contributed by atoms with van der Waals surface area (Å²) < 4.78 is 7.58. The molecule has 1 aliphatic carbocycles. The third-order valence-corrected chi connectivity index (χ3v) is 5.00. The fourth-order valence-electron chi connectivity index (χ4n) is 3.79. The Balaban J connectivity index is 1.68. The Morgan fingerprint density at radius 2 is 2.15 bits per heavy atom. The number of ketones is 1. The van der Waals surface area contributed by atoms with Gasteiger partial charge in [-0.25, -0.2) is 4.68 Å². The molecule has 0 spiro atoms. The summed E-state index contributed by atoms with van der Waals surface area (Å²) >= 11 is 0. The predicted octanol–water partition coefficient (Wildman–Crippen LogP) is 3.57. The van der Waals surface area contributed by atoms with E-state index >= 15 is 0 Å². The van der Waals surface area contributed by atoms with E-state index < -0.39 is 6.04 Å². The van der Waals surface area contributed by atoms with Crippen molar-refractivity contribution in [3.63, 3.8) is 0 Å². The van der Waals surface area contributed by atoms with Crippen molar-refractivity contribution >= 4 is 11.7 Å². The minimum atomic E-state index is -0.434. The van der Waals surface area contributed by atoms with Gasteiger partial charge in [-0.2, -0.15) is 4.98 Å². The molecule has 7 heteroatoms. The number of furan rings is 1. The Hall–Kier alpha value is -3.35. The summed E-state index contributed by atoms with van der Waals surface area (Å²) in [4.78, 5) is 17.3. The quantitative estimate of drug-likeness (QED) is 0.724. The highest BCUT2D eigenvalue weighted by Crippen LogP contribution is 2.41. The molecule has 1 atom stereocenters. The maximum Gasteiger partial charge on any atom is 0.227 e. The lowest BCUT2D eigenvalue weighted by Gasteiger charge is -2.30. The van der Waals surface area contributed by atoms with Crippen molar-refractivity contribution in [2.45, 2.75) is 32.2 Å². The predicted molar refractivity (Wildman–Crippen MR) is 98.2 cm³/mol. The Morgan fingerprint density at radius 1 is 1.26 bits per heavy atom. The molecule has 3 aromatic rings. The molecule has 27 heavy (non-hydrogen) atoms. The molecule has 2 aliphatic rings. The van der Waals surface area contributed by atoms with Crippen LogP contribution in [0.1, 0.15) is 36.8 Å². The molecule has 0 radical (unpaired) electrons. The van der Waals surface area contributed by atoms with Crippen LogP contribution in [0.15, 0.2) is 52.1 Å². The molecule has 3 heterocycles. The van der Waals surface area contributed by atoms with Crippen molar-refractivity contribution in [2.24, 2.45) is 0 Å². The number of nitrogens with zero attached hydrogens (tertiary/aromatic N) is 3. The van der Waals surface area contributed by atoms with Crippen LogP contribution >= 0.6 is 0 Å². The molecule has 0 amide bonds. The van der Waals surface area contributed by atoms with Crippen LogP contribution in [0.5, 0.6) is 5.75 Å². The second-order valence-electron chi connectivity index (χ2n) is 6.90. The lowest BCUT2D eigenvalue weighted by atomic mass is 9.88. The van der Waals surface area contributed by atoms with E-state index in [4.69, 9.17) is 4.42 Å². The van der Waals surface area contributed by atoms with Crippen LogP contribution in [0, 0.1) is 6.92 Å². The fraction of sp³-hybridized carbons (Fsp3) is 0.250. The Labute approximate surface area is 155 Å². The van der Waals surface area contributed by atoms with Crippen LogP contribution in [0.2, 0.25) is 0 Å². The summed E-state index contributed by atoms with van der Waals surface area (Å²) in [6, 6.07) is 10.1. The van der Waals surface area contributed by atoms with E-state index in [1.165, 1.54) is 0 Å². The largest absolute Gasteiger partial charge is 0.508 e. The number of hydrogen-bond donors (Lipinski definition) is 2. The van der Waals surface area contributed by atoms with Crippen LogP contribution in [0.25, 0.3) is 11.4 Å². The Morgan fingerprint density at radius 3 is 2.93 bits per heavy atom. The first-order valence-corrected chi connectivity index (χ1v) is 8.96. The molecule has 2 N–H and O–H groups in total. The van der Waals surface area contributed by atoms with Crippen molar-refractivity contribution in [3.05, 3.63) is 59.2 Å². The molecule has 0 saturated carbocycles. The van der Waals surface area contributed by atoms with Gasteiger partial charge in [0.25, 0.3) is 0 Å². The summed E-state index contributed by atoms with van der Waals surface area (Å²) in [5.74, 6) is 2.77. The van der Waals surface area contributed by atoms with Gasteiger partial charge in [0.2, 0.25) is 5.95 Å². The molecule has 5 rings (SSSR count). The highest BCUT2D eigenvalue weighted by molar-refractivity contribution is 5.99. The number of carbonyl (C=O) groups excluding carboxylic acids is 1. The Kier molecular flexibility index (Phi) is 3.43. The number of phenols is 1. The maximum absolute atomic E-state index is 12.7. The van der Waals surface area contributed by atoms with Gasteiger partial charge in [0, 0.05) is 23.3 Å². The zero-order valence-corrected chi connectivity index (χ0v) is 14.8. The number of benzene rings is 1. The normalized spacial score (nSPS) is 18.9. The van der Waals surface area contributed by atoms with Crippen molar-refractivity contribution in [1.82, 2.24) is 14.8 Å². The SMILES string of the molecule is Cc1ccc(C2C3=C(CCCC3=O)Nc3nc(-c4cccc(O)c4)nn32)o1. The van der Waals surface area contributed by atoms with Crippen molar-refractivity contribution < 1.29 is 14.3 Å². The van der Waals surface area contributed by atoms with Gasteiger partial charge < -0.3 is 14.8 Å². The van der Waals surface area contributed by atoms with Crippen molar-refractivity contribution in [3.8, 4) is 17.1 Å². The number of hydrogen-bond acceptors (Lipinski definition) is 6. The fourth-order valence-corrected chi connectivity index (χ4v) is 3.79. The third kappa shape index (κ3) is 2.54. The molecule has 0 saturated heterocycles. The van der Waals surface area contributed by atoms with E-state index in [1.54, 1.807) is 22.9 Å². The number of anilines is 1. The van der Waals surface area contributed by atoms with E-state index in [9.17, 15) is 9.90 Å². The van der Waals surface area contributed by atoms with Gasteiger partial charge in [-0.1, -0.05) is 12.1 Å². The molecule has 1 unspecified atom stereocenters. The van der Waals surface area contributed by atoms with E-state index in [2.05, 4.69) is 15.4 Å². The number of carbonyl (C=O) groups is 1. The van der Waals surface area contributed by atoms with Crippen molar-refractivity contribution in [1.29, 1.82) is 0 Å². The molecular weight excluding hydrogens is 344 g/mol. The van der Waals surface area contributed by atoms with Crippen LogP contribution in [-0.2, 0) is 4.79 Å². The van der Waals surface area contributed by atoms with Crippen LogP contribution in [0.4, 0.5) is 5.95 Å². The number of nitrogens with one attached hydrogen (secondary N) is 1. The highest BCUT2D eigenvalue weighted by atomic mass is 16.3. The first kappa shape index (κ1) is 15.9. The summed E-state index contributed by atoms with van der Waals surface area (Å²) in [7, 11) is 0. The number of Topliss-reactive ketones (excluding diaryl/α,β-unsaturated/α-hetero) is 1. The van der Waals surface area contributed by atoms with Crippen LogP contribution in [-0.4, -0.2) is 25.7 Å². The van der Waals surface area contributed by atoms with Crippen LogP contribution in [0.3, 0.4) is 0 Å². The number of aromatic hydroxyl groups is 1. The van der Waals surface area contributed by atoms with E-state index in [0.717, 1.165) is 24.3 Å². The van der Waals surface area contributed by atoms with Gasteiger partial charge in [0.1, 0.15) is 23.3 Å². The van der Waals surface area contributed by atoms with E-state index in [0.29, 0.717) is 35.1 Å². The molecular formula is C20H18N4O3. The summed E-state index contributed by atoms with van der Waals surface area (Å²) in [6.07, 6.45) is 2.15. The number of aromatic nitrogens is 3. The minimum Gasteiger partial charge on any atom is -0.508 e. The average Bonchev–Trinajstić information content (AvgIpc) is 3.26. The monoisotopic (exact) mass is 362 g/mol. The van der Waals surface area contributed by atoms with Crippen LogP contribution < -0.4 is 5.32 Å². The molecule has 1 aliphatic heterocycles. The van der Waals surface area contributed by atoms with Gasteiger partial charge >= 0.3 is 0 Å². The van der Waals surface area contributed by atoms with Gasteiger partial charge in [-0.3, -0.25) is 4.79 Å². The number of aryl methyl sites for hydroxylation is 1. The molecule has 2 aromatic heterocycles. The third-order valence-electron chi connectivity index (χ3n) is 5.00. The number of fused-ring (bicyclic) bond motifs is 1. The van der Waals surface area contributed by atoms with Gasteiger partial charge in [0.05, 0.1) is 0 Å². The lowest BCUT2D eigenvalue weighted by molar-refractivity contribution is -0.116. The van der Waals surface area contributed by atoms with Gasteiger partial charge in [-0.05, 0) is 44.0 Å². The summed E-state index contributed by atoms with van der Waals surface area (Å²) in [6.45, 7) is 1.88. The van der Waals surface area contributed by atoms with Gasteiger partial charge in [-0.15, -0.1) is 5.10 Å². The molecule has 7 nitrogen and oxygen atoms in total. The standard InChI is InChI=1S/C20H18N4O3/c1-11-8-9-16(27-11)18-17-14(6-3-7-15(17)26)21-20-22-19(23-24(18)20)12-4-2-5-13(25)10-12/h2,4-5,8-10,18,25H,3,6-7H2,1H3,(H,21,22,23). The summed E-state index contributed by atoms with van der Waals surface area (Å²) in [5.41, 5.74) is 2.31. The maximum atomic E-state index is 12.7. The topological polar surface area (TPSA) is 93.2 Å².